The number of fused-ring (bicyclic) bond motifs is 2. The molecule has 31 heavy (non-hydrogen) atoms. The maximum atomic E-state index is 15.0. The summed E-state index contributed by atoms with van der Waals surface area (Å²) in [6, 6.07) is 4.55. The molecule has 0 aromatic heterocycles. The van der Waals surface area contributed by atoms with E-state index in [1.165, 1.54) is 12.1 Å². The van der Waals surface area contributed by atoms with Crippen molar-refractivity contribution in [1.82, 2.24) is 0 Å². The minimum Gasteiger partial charge on any atom is -0.491 e. The summed E-state index contributed by atoms with van der Waals surface area (Å²) in [5, 5.41) is 0. The molecular formula is C23H25F3O5. The van der Waals surface area contributed by atoms with Crippen molar-refractivity contribution in [2.24, 2.45) is 5.92 Å². The zero-order valence-corrected chi connectivity index (χ0v) is 17.5. The van der Waals surface area contributed by atoms with Crippen molar-refractivity contribution in [3.05, 3.63) is 46.8 Å². The van der Waals surface area contributed by atoms with Gasteiger partial charge in [-0.3, -0.25) is 0 Å². The maximum Gasteiger partial charge on any atom is 0.207 e. The van der Waals surface area contributed by atoms with Crippen molar-refractivity contribution in [2.45, 2.75) is 39.4 Å². The van der Waals surface area contributed by atoms with Crippen LogP contribution >= 0.6 is 0 Å². The highest BCUT2D eigenvalue weighted by Gasteiger charge is 2.30. The van der Waals surface area contributed by atoms with Crippen LogP contribution in [0.2, 0.25) is 0 Å². The molecule has 168 valence electrons. The fourth-order valence-corrected chi connectivity index (χ4v) is 3.67. The zero-order chi connectivity index (χ0) is 22.0. The number of benzene rings is 2. The lowest BCUT2D eigenvalue weighted by molar-refractivity contribution is -0.206. The lowest BCUT2D eigenvalue weighted by atomic mass is 9.99. The predicted molar refractivity (Wildman–Crippen MR) is 106 cm³/mol. The van der Waals surface area contributed by atoms with Gasteiger partial charge >= 0.3 is 0 Å². The summed E-state index contributed by atoms with van der Waals surface area (Å²) in [6.07, 6.45) is 1.78. The van der Waals surface area contributed by atoms with Gasteiger partial charge in [0.2, 0.25) is 17.5 Å². The molecule has 1 fully saturated rings. The van der Waals surface area contributed by atoms with Crippen LogP contribution in [0.3, 0.4) is 0 Å². The molecule has 2 aliphatic heterocycles. The van der Waals surface area contributed by atoms with Crippen LogP contribution in [0, 0.1) is 23.4 Å². The Labute approximate surface area is 179 Å². The average Bonchev–Trinajstić information content (AvgIpc) is 2.77. The molecule has 1 saturated heterocycles. The molecule has 2 heterocycles. The molecule has 0 saturated carbocycles. The van der Waals surface area contributed by atoms with Crippen LogP contribution in [0.4, 0.5) is 13.2 Å². The summed E-state index contributed by atoms with van der Waals surface area (Å²) in [5.74, 6) is -3.85. The molecule has 2 aliphatic rings. The third kappa shape index (κ3) is 4.45. The van der Waals surface area contributed by atoms with E-state index in [2.05, 4.69) is 6.92 Å². The Morgan fingerprint density at radius 1 is 0.903 bits per heavy atom. The highest BCUT2D eigenvalue weighted by atomic mass is 19.2. The first kappa shape index (κ1) is 21.8. The summed E-state index contributed by atoms with van der Waals surface area (Å²) in [6.45, 7) is 5.06. The van der Waals surface area contributed by atoms with Gasteiger partial charge in [0.25, 0.3) is 0 Å². The SMILES string of the molecule is CCCC1OCC(COc2ccc3c(c2F)Oc2c(cc(OCC)c(F)c2F)C3)CO1. The van der Waals surface area contributed by atoms with Crippen LogP contribution in [-0.4, -0.2) is 32.7 Å². The van der Waals surface area contributed by atoms with Gasteiger partial charge in [-0.15, -0.1) is 0 Å². The second-order valence-corrected chi connectivity index (χ2v) is 7.63. The summed E-state index contributed by atoms with van der Waals surface area (Å²) in [7, 11) is 0. The minimum atomic E-state index is -1.20. The highest BCUT2D eigenvalue weighted by Crippen LogP contribution is 2.44. The minimum absolute atomic E-state index is 0.0234. The number of hydrogen-bond donors (Lipinski definition) is 0. The fraction of sp³-hybridized carbons (Fsp3) is 0.478. The van der Waals surface area contributed by atoms with Gasteiger partial charge in [0, 0.05) is 23.5 Å². The number of ether oxygens (including phenoxy) is 5. The first-order valence-electron chi connectivity index (χ1n) is 10.5. The molecular weight excluding hydrogens is 413 g/mol. The predicted octanol–water partition coefficient (Wildman–Crippen LogP) is 5.37. The normalized spacial score (nSPS) is 19.9. The molecule has 0 radical (unpaired) electrons. The van der Waals surface area contributed by atoms with Crippen molar-refractivity contribution in [1.29, 1.82) is 0 Å². The second-order valence-electron chi connectivity index (χ2n) is 7.63. The van der Waals surface area contributed by atoms with Crippen LogP contribution in [0.5, 0.6) is 23.0 Å². The van der Waals surface area contributed by atoms with E-state index < -0.39 is 17.5 Å². The topological polar surface area (TPSA) is 46.2 Å². The van der Waals surface area contributed by atoms with Crippen LogP contribution in [-0.2, 0) is 15.9 Å². The van der Waals surface area contributed by atoms with Crippen LogP contribution in [0.15, 0.2) is 18.2 Å². The molecule has 2 aromatic carbocycles. The van der Waals surface area contributed by atoms with Crippen LogP contribution < -0.4 is 14.2 Å². The van der Waals surface area contributed by atoms with Gasteiger partial charge in [0.15, 0.2) is 29.3 Å². The van der Waals surface area contributed by atoms with E-state index in [-0.39, 0.29) is 54.8 Å². The Morgan fingerprint density at radius 2 is 1.65 bits per heavy atom. The monoisotopic (exact) mass is 438 g/mol. The highest BCUT2D eigenvalue weighted by molar-refractivity contribution is 5.55. The molecule has 0 spiro atoms. The molecule has 2 aromatic rings. The fourth-order valence-electron chi connectivity index (χ4n) is 3.67. The summed E-state index contributed by atoms with van der Waals surface area (Å²) >= 11 is 0. The molecule has 5 nitrogen and oxygen atoms in total. The summed E-state index contributed by atoms with van der Waals surface area (Å²) in [4.78, 5) is 0. The van der Waals surface area contributed by atoms with Crippen LogP contribution in [0.1, 0.15) is 37.8 Å². The molecule has 8 heteroatoms. The van der Waals surface area contributed by atoms with Crippen molar-refractivity contribution >= 4 is 0 Å². The summed E-state index contributed by atoms with van der Waals surface area (Å²) in [5.41, 5.74) is 0.901. The standard InChI is InChI=1S/C23H25F3O5/c1-3-5-18-29-11-13(12-30-18)10-28-16-7-6-14-8-15-9-17(27-4-2)19(24)21(26)23(15)31-22(14)20(16)25/h6-7,9,13,18H,3-5,8,10-12H2,1-2H3. The Morgan fingerprint density at radius 3 is 2.35 bits per heavy atom. The Kier molecular flexibility index (Phi) is 6.57. The lowest BCUT2D eigenvalue weighted by Gasteiger charge is -2.29. The molecule has 0 bridgehead atoms. The van der Waals surface area contributed by atoms with Gasteiger partial charge < -0.3 is 23.7 Å². The average molecular weight is 438 g/mol. The first-order valence-corrected chi connectivity index (χ1v) is 10.5. The van der Waals surface area contributed by atoms with Crippen molar-refractivity contribution in [3.8, 4) is 23.0 Å². The van der Waals surface area contributed by atoms with Gasteiger partial charge in [-0.2, -0.15) is 13.2 Å². The smallest absolute Gasteiger partial charge is 0.207 e. The molecule has 0 aliphatic carbocycles. The molecule has 0 amide bonds. The van der Waals surface area contributed by atoms with Crippen molar-refractivity contribution in [3.63, 3.8) is 0 Å². The second kappa shape index (κ2) is 9.36. The Hall–Kier alpha value is -2.45. The molecule has 0 N–H and O–H groups in total. The van der Waals surface area contributed by atoms with E-state index in [0.717, 1.165) is 12.8 Å². The van der Waals surface area contributed by atoms with Gasteiger partial charge in [-0.1, -0.05) is 19.4 Å². The quantitative estimate of drug-likeness (QED) is 0.497. The van der Waals surface area contributed by atoms with Crippen LogP contribution in [0.25, 0.3) is 0 Å². The molecule has 4 rings (SSSR count). The van der Waals surface area contributed by atoms with E-state index in [1.807, 2.05) is 0 Å². The van der Waals surface area contributed by atoms with Gasteiger partial charge in [0.1, 0.15) is 0 Å². The first-order chi connectivity index (χ1) is 15.0. The third-order valence-corrected chi connectivity index (χ3v) is 5.27. The largest absolute Gasteiger partial charge is 0.491 e. The number of halogens is 3. The van der Waals surface area contributed by atoms with E-state index in [4.69, 9.17) is 23.7 Å². The van der Waals surface area contributed by atoms with Crippen molar-refractivity contribution in [2.75, 3.05) is 26.4 Å². The van der Waals surface area contributed by atoms with Gasteiger partial charge in [0.05, 0.1) is 26.4 Å². The van der Waals surface area contributed by atoms with Gasteiger partial charge in [-0.05, 0) is 25.5 Å². The van der Waals surface area contributed by atoms with E-state index in [9.17, 15) is 8.78 Å². The summed E-state index contributed by atoms with van der Waals surface area (Å²) < 4.78 is 71.2. The van der Waals surface area contributed by atoms with Gasteiger partial charge in [-0.25, -0.2) is 0 Å². The zero-order valence-electron chi connectivity index (χ0n) is 17.5. The molecule has 0 atom stereocenters. The Bertz CT molecular complexity index is 942. The van der Waals surface area contributed by atoms with E-state index >= 15 is 4.39 Å². The van der Waals surface area contributed by atoms with E-state index in [0.29, 0.717) is 24.3 Å². The van der Waals surface area contributed by atoms with E-state index in [1.54, 1.807) is 13.0 Å². The Balaban J connectivity index is 1.47. The third-order valence-electron chi connectivity index (χ3n) is 5.27. The maximum absolute atomic E-state index is 15.0. The molecule has 0 unspecified atom stereocenters. The number of rotatable bonds is 7. The van der Waals surface area contributed by atoms with Crippen molar-refractivity contribution < 1.29 is 36.9 Å². The lowest BCUT2D eigenvalue weighted by Crippen LogP contribution is -2.35. The number of hydrogen-bond acceptors (Lipinski definition) is 5.